The minimum atomic E-state index is 0.818. The van der Waals surface area contributed by atoms with Crippen LogP contribution >= 0.6 is 11.3 Å². The Morgan fingerprint density at radius 2 is 1.79 bits per heavy atom. The lowest BCUT2D eigenvalue weighted by atomic mass is 10.1. The Labute approximate surface area is 170 Å². The number of nitrogens with zero attached hydrogens (tertiary/aromatic N) is 4. The van der Waals surface area contributed by atoms with Crippen molar-refractivity contribution in [2.75, 3.05) is 36.5 Å². The van der Waals surface area contributed by atoms with Gasteiger partial charge >= 0.3 is 0 Å². The Bertz CT molecular complexity index is 896. The molecule has 0 atom stereocenters. The number of rotatable bonds is 6. The molecule has 6 heteroatoms. The molecule has 1 aliphatic rings. The van der Waals surface area contributed by atoms with E-state index in [0.29, 0.717) is 0 Å². The minimum absolute atomic E-state index is 0.818. The van der Waals surface area contributed by atoms with Crippen LogP contribution in [-0.2, 0) is 6.54 Å². The highest BCUT2D eigenvalue weighted by Gasteiger charge is 2.17. The number of hydrogen-bond acceptors (Lipinski definition) is 6. The van der Waals surface area contributed by atoms with Crippen LogP contribution in [0.3, 0.4) is 0 Å². The lowest BCUT2D eigenvalue weighted by Gasteiger charge is -2.36. The first-order chi connectivity index (χ1) is 13.8. The summed E-state index contributed by atoms with van der Waals surface area (Å²) in [6.45, 7) is 7.32. The maximum atomic E-state index is 4.33. The molecule has 2 heterocycles. The number of thiazole rings is 1. The summed E-state index contributed by atoms with van der Waals surface area (Å²) < 4.78 is 0. The van der Waals surface area contributed by atoms with Gasteiger partial charge in [0.2, 0.25) is 5.13 Å². The van der Waals surface area contributed by atoms with E-state index in [0.717, 1.165) is 49.1 Å². The molecule has 1 aliphatic heterocycles. The van der Waals surface area contributed by atoms with Gasteiger partial charge in [-0.25, -0.2) is 4.98 Å². The van der Waals surface area contributed by atoms with Crippen molar-refractivity contribution in [3.05, 3.63) is 76.8 Å². The summed E-state index contributed by atoms with van der Waals surface area (Å²) in [4.78, 5) is 9.32. The second-order valence-electron chi connectivity index (χ2n) is 7.00. The van der Waals surface area contributed by atoms with Crippen LogP contribution in [0.4, 0.5) is 10.8 Å². The SMILES string of the molecule is Cc1csc(NN=Cc2ccc(N3CCN(Cc4ccccc4)CC3)cc2)n1. The Morgan fingerprint density at radius 1 is 1.04 bits per heavy atom. The zero-order valence-electron chi connectivity index (χ0n) is 16.1. The second kappa shape index (κ2) is 8.99. The number of anilines is 2. The van der Waals surface area contributed by atoms with Gasteiger partial charge < -0.3 is 4.90 Å². The molecule has 4 rings (SSSR count). The van der Waals surface area contributed by atoms with Crippen molar-refractivity contribution >= 4 is 28.4 Å². The first-order valence-corrected chi connectivity index (χ1v) is 10.5. The van der Waals surface area contributed by atoms with Crippen LogP contribution in [0.25, 0.3) is 0 Å². The van der Waals surface area contributed by atoms with Crippen molar-refractivity contribution in [1.82, 2.24) is 9.88 Å². The topological polar surface area (TPSA) is 43.8 Å². The fourth-order valence-electron chi connectivity index (χ4n) is 3.34. The summed E-state index contributed by atoms with van der Waals surface area (Å²) >= 11 is 1.56. The van der Waals surface area contributed by atoms with Gasteiger partial charge in [0.05, 0.1) is 11.9 Å². The lowest BCUT2D eigenvalue weighted by Crippen LogP contribution is -2.45. The van der Waals surface area contributed by atoms with Crippen molar-refractivity contribution in [3.63, 3.8) is 0 Å². The first-order valence-electron chi connectivity index (χ1n) is 9.59. The molecule has 28 heavy (non-hydrogen) atoms. The van der Waals surface area contributed by atoms with Crippen LogP contribution < -0.4 is 10.3 Å². The predicted octanol–water partition coefficient (Wildman–Crippen LogP) is 4.22. The molecule has 1 saturated heterocycles. The molecule has 0 saturated carbocycles. The van der Waals surface area contributed by atoms with Crippen LogP contribution in [0.15, 0.2) is 65.1 Å². The molecule has 1 fully saturated rings. The van der Waals surface area contributed by atoms with E-state index in [4.69, 9.17) is 0 Å². The lowest BCUT2D eigenvalue weighted by molar-refractivity contribution is 0.250. The molecule has 3 aromatic rings. The van der Waals surface area contributed by atoms with Crippen molar-refractivity contribution in [3.8, 4) is 0 Å². The number of piperazine rings is 1. The van der Waals surface area contributed by atoms with Crippen LogP contribution in [0.1, 0.15) is 16.8 Å². The van der Waals surface area contributed by atoms with Crippen LogP contribution in [0, 0.1) is 6.92 Å². The van der Waals surface area contributed by atoms with E-state index in [1.54, 1.807) is 11.3 Å². The van der Waals surface area contributed by atoms with Gasteiger partial charge in [0, 0.05) is 43.8 Å². The van der Waals surface area contributed by atoms with E-state index >= 15 is 0 Å². The number of aryl methyl sites for hydroxylation is 1. The predicted molar refractivity (Wildman–Crippen MR) is 118 cm³/mol. The Kier molecular flexibility index (Phi) is 5.99. The fourth-order valence-corrected chi connectivity index (χ4v) is 3.98. The van der Waals surface area contributed by atoms with Gasteiger partial charge in [-0.2, -0.15) is 5.10 Å². The zero-order chi connectivity index (χ0) is 19.2. The highest BCUT2D eigenvalue weighted by Crippen LogP contribution is 2.18. The van der Waals surface area contributed by atoms with E-state index in [2.05, 4.69) is 79.9 Å². The molecule has 0 spiro atoms. The van der Waals surface area contributed by atoms with Crippen molar-refractivity contribution < 1.29 is 0 Å². The molecular weight excluding hydrogens is 366 g/mol. The minimum Gasteiger partial charge on any atom is -0.369 e. The van der Waals surface area contributed by atoms with Gasteiger partial charge in [-0.05, 0) is 30.2 Å². The third kappa shape index (κ3) is 4.97. The highest BCUT2D eigenvalue weighted by atomic mass is 32.1. The third-order valence-electron chi connectivity index (χ3n) is 4.87. The zero-order valence-corrected chi connectivity index (χ0v) is 16.9. The Morgan fingerprint density at radius 3 is 2.46 bits per heavy atom. The largest absolute Gasteiger partial charge is 0.369 e. The summed E-state index contributed by atoms with van der Waals surface area (Å²) in [5.41, 5.74) is 7.73. The van der Waals surface area contributed by atoms with Crippen molar-refractivity contribution in [1.29, 1.82) is 0 Å². The summed E-state index contributed by atoms with van der Waals surface area (Å²) in [6.07, 6.45) is 1.83. The van der Waals surface area contributed by atoms with E-state index in [-0.39, 0.29) is 0 Å². The van der Waals surface area contributed by atoms with Gasteiger partial charge in [-0.1, -0.05) is 42.5 Å². The summed E-state index contributed by atoms with van der Waals surface area (Å²) in [5.74, 6) is 0. The summed E-state index contributed by atoms with van der Waals surface area (Å²) in [7, 11) is 0. The molecular formula is C22H25N5S. The summed E-state index contributed by atoms with van der Waals surface area (Å²) in [5, 5.41) is 7.09. The highest BCUT2D eigenvalue weighted by molar-refractivity contribution is 7.13. The average Bonchev–Trinajstić information content (AvgIpc) is 3.15. The van der Waals surface area contributed by atoms with Crippen LogP contribution in [0.2, 0.25) is 0 Å². The van der Waals surface area contributed by atoms with E-state index in [1.165, 1.54) is 11.3 Å². The molecule has 1 aromatic heterocycles. The number of hydrogen-bond donors (Lipinski definition) is 1. The van der Waals surface area contributed by atoms with Gasteiger partial charge in [0.25, 0.3) is 0 Å². The monoisotopic (exact) mass is 391 g/mol. The van der Waals surface area contributed by atoms with E-state index in [1.807, 2.05) is 18.5 Å². The fraction of sp³-hybridized carbons (Fsp3) is 0.273. The van der Waals surface area contributed by atoms with Crippen LogP contribution in [-0.4, -0.2) is 42.3 Å². The molecule has 5 nitrogen and oxygen atoms in total. The van der Waals surface area contributed by atoms with Gasteiger partial charge in [0.1, 0.15) is 0 Å². The van der Waals surface area contributed by atoms with Gasteiger partial charge in [-0.3, -0.25) is 10.3 Å². The number of aromatic nitrogens is 1. The van der Waals surface area contributed by atoms with Gasteiger partial charge in [0.15, 0.2) is 0 Å². The Balaban J connectivity index is 1.27. The quantitative estimate of drug-likeness (QED) is 0.505. The maximum Gasteiger partial charge on any atom is 0.203 e. The first kappa shape index (κ1) is 18.7. The smallest absolute Gasteiger partial charge is 0.203 e. The molecule has 0 unspecified atom stereocenters. The van der Waals surface area contributed by atoms with Crippen LogP contribution in [0.5, 0.6) is 0 Å². The molecule has 0 amide bonds. The Hall–Kier alpha value is -2.70. The molecule has 0 bridgehead atoms. The molecule has 2 aromatic carbocycles. The van der Waals surface area contributed by atoms with Crippen molar-refractivity contribution in [2.45, 2.75) is 13.5 Å². The average molecular weight is 392 g/mol. The third-order valence-corrected chi connectivity index (χ3v) is 5.74. The van der Waals surface area contributed by atoms with E-state index < -0.39 is 0 Å². The van der Waals surface area contributed by atoms with E-state index in [9.17, 15) is 0 Å². The molecule has 1 N–H and O–H groups in total. The molecule has 0 radical (unpaired) electrons. The van der Waals surface area contributed by atoms with Crippen molar-refractivity contribution in [2.24, 2.45) is 5.10 Å². The molecule has 0 aliphatic carbocycles. The number of hydrazone groups is 1. The second-order valence-corrected chi connectivity index (χ2v) is 7.86. The normalized spacial score (nSPS) is 15.2. The number of benzene rings is 2. The summed E-state index contributed by atoms with van der Waals surface area (Å²) in [6, 6.07) is 19.3. The van der Waals surface area contributed by atoms with Gasteiger partial charge in [-0.15, -0.1) is 11.3 Å². The standard InChI is InChI=1S/C22H25N5S/c1-18-17-28-22(24-18)25-23-15-19-7-9-21(10-8-19)27-13-11-26(12-14-27)16-20-5-3-2-4-6-20/h2-10,15,17H,11-14,16H2,1H3,(H,24,25). The molecule has 144 valence electrons. The maximum absolute atomic E-state index is 4.33. The number of nitrogens with one attached hydrogen (secondary N) is 1.